The van der Waals surface area contributed by atoms with Gasteiger partial charge in [0.1, 0.15) is 0 Å². The fourth-order valence-corrected chi connectivity index (χ4v) is 5.51. The van der Waals surface area contributed by atoms with Crippen LogP contribution < -0.4 is 10.6 Å². The van der Waals surface area contributed by atoms with E-state index in [0.29, 0.717) is 11.8 Å². The van der Waals surface area contributed by atoms with Gasteiger partial charge >= 0.3 is 0 Å². The molecule has 26 heavy (non-hydrogen) atoms. The van der Waals surface area contributed by atoms with E-state index in [1.807, 2.05) is 16.8 Å². The molecule has 1 saturated carbocycles. The SMILES string of the molecule is Cl.O=C(NC1CCN(C(=O)[C@@]23CCCC[C@H]2CNC3)CC1)c1ccsc1. The molecule has 2 aliphatic heterocycles. The number of carbonyl (C=O) groups excluding carboxylic acids is 2. The molecule has 0 aromatic carbocycles. The first-order valence-electron chi connectivity index (χ1n) is 9.52. The zero-order valence-corrected chi connectivity index (χ0v) is 16.7. The Balaban J connectivity index is 0.00000196. The average molecular weight is 398 g/mol. The van der Waals surface area contributed by atoms with Gasteiger partial charge in [-0.1, -0.05) is 12.8 Å². The molecule has 144 valence electrons. The van der Waals surface area contributed by atoms with Crippen LogP contribution in [0.25, 0.3) is 0 Å². The Labute approximate surface area is 165 Å². The van der Waals surface area contributed by atoms with Crippen LogP contribution in [0.1, 0.15) is 48.9 Å². The Morgan fingerprint density at radius 2 is 2.04 bits per heavy atom. The molecule has 2 amide bonds. The Morgan fingerprint density at radius 1 is 1.23 bits per heavy atom. The first-order chi connectivity index (χ1) is 12.2. The lowest BCUT2D eigenvalue weighted by Crippen LogP contribution is -2.54. The van der Waals surface area contributed by atoms with Crippen molar-refractivity contribution in [1.82, 2.24) is 15.5 Å². The number of likely N-dealkylation sites (tertiary alicyclic amines) is 1. The second kappa shape index (κ2) is 8.28. The minimum atomic E-state index is -0.148. The summed E-state index contributed by atoms with van der Waals surface area (Å²) in [6.07, 6.45) is 6.38. The van der Waals surface area contributed by atoms with Crippen LogP contribution in [-0.4, -0.2) is 48.9 Å². The maximum Gasteiger partial charge on any atom is 0.252 e. The van der Waals surface area contributed by atoms with Crippen LogP contribution in [0.3, 0.4) is 0 Å². The monoisotopic (exact) mass is 397 g/mol. The predicted molar refractivity (Wildman–Crippen MR) is 106 cm³/mol. The molecule has 0 radical (unpaired) electrons. The van der Waals surface area contributed by atoms with E-state index in [4.69, 9.17) is 0 Å². The van der Waals surface area contributed by atoms with Gasteiger partial charge in [-0.2, -0.15) is 11.3 Å². The Bertz CT molecular complexity index is 631. The van der Waals surface area contributed by atoms with Crippen LogP contribution in [0.2, 0.25) is 0 Å². The van der Waals surface area contributed by atoms with Crippen LogP contribution in [0.15, 0.2) is 16.8 Å². The van der Waals surface area contributed by atoms with Crippen LogP contribution in [0, 0.1) is 11.3 Å². The van der Waals surface area contributed by atoms with Gasteiger partial charge in [0.2, 0.25) is 5.91 Å². The van der Waals surface area contributed by atoms with E-state index >= 15 is 0 Å². The molecule has 5 nitrogen and oxygen atoms in total. The van der Waals surface area contributed by atoms with Crippen molar-refractivity contribution >= 4 is 35.6 Å². The molecule has 1 aliphatic carbocycles. The number of rotatable bonds is 3. The summed E-state index contributed by atoms with van der Waals surface area (Å²) in [7, 11) is 0. The molecule has 3 aliphatic rings. The topological polar surface area (TPSA) is 61.4 Å². The summed E-state index contributed by atoms with van der Waals surface area (Å²) in [6.45, 7) is 3.38. The number of fused-ring (bicyclic) bond motifs is 1. The normalized spacial score (nSPS) is 28.9. The molecular weight excluding hydrogens is 370 g/mol. The third kappa shape index (κ3) is 3.64. The third-order valence-electron chi connectivity index (χ3n) is 6.36. The van der Waals surface area contributed by atoms with E-state index in [-0.39, 0.29) is 29.8 Å². The molecule has 1 aromatic rings. The summed E-state index contributed by atoms with van der Waals surface area (Å²) in [5.41, 5.74) is 0.592. The zero-order valence-electron chi connectivity index (χ0n) is 15.0. The van der Waals surface area contributed by atoms with Crippen LogP contribution in [0.4, 0.5) is 0 Å². The van der Waals surface area contributed by atoms with Crippen molar-refractivity contribution in [1.29, 1.82) is 0 Å². The quantitative estimate of drug-likeness (QED) is 0.824. The van der Waals surface area contributed by atoms with Gasteiger partial charge in [-0.3, -0.25) is 9.59 Å². The predicted octanol–water partition coefficient (Wildman–Crippen LogP) is 2.67. The van der Waals surface area contributed by atoms with Gasteiger partial charge < -0.3 is 15.5 Å². The number of hydrogen-bond acceptors (Lipinski definition) is 4. The molecule has 4 rings (SSSR count). The van der Waals surface area contributed by atoms with Gasteiger partial charge in [0.15, 0.2) is 0 Å². The van der Waals surface area contributed by atoms with E-state index in [1.54, 1.807) is 0 Å². The summed E-state index contributed by atoms with van der Waals surface area (Å²) >= 11 is 1.54. The lowest BCUT2D eigenvalue weighted by molar-refractivity contribution is -0.146. The fraction of sp³-hybridized carbons (Fsp3) is 0.684. The Kier molecular flexibility index (Phi) is 6.25. The molecule has 1 aromatic heterocycles. The summed E-state index contributed by atoms with van der Waals surface area (Å²) in [6, 6.07) is 2.03. The summed E-state index contributed by atoms with van der Waals surface area (Å²) in [5.74, 6) is 0.895. The number of nitrogens with one attached hydrogen (secondary N) is 2. The maximum atomic E-state index is 13.3. The van der Waals surface area contributed by atoms with Crippen molar-refractivity contribution in [3.05, 3.63) is 22.4 Å². The molecule has 7 heteroatoms. The molecule has 2 saturated heterocycles. The maximum absolute atomic E-state index is 13.3. The highest BCUT2D eigenvalue weighted by atomic mass is 35.5. The number of nitrogens with zero attached hydrogens (tertiary/aromatic N) is 1. The summed E-state index contributed by atoms with van der Waals surface area (Å²) < 4.78 is 0. The number of carbonyl (C=O) groups is 2. The summed E-state index contributed by atoms with van der Waals surface area (Å²) in [5, 5.41) is 10.4. The molecule has 0 bridgehead atoms. The highest BCUT2D eigenvalue weighted by molar-refractivity contribution is 7.08. The lowest BCUT2D eigenvalue weighted by atomic mass is 9.67. The van der Waals surface area contributed by atoms with Crippen molar-refractivity contribution in [3.8, 4) is 0 Å². The standard InChI is InChI=1S/C19H27N3O2S.ClH/c23-17(14-6-10-25-12-14)21-16-4-8-22(9-5-16)18(24)19-7-2-1-3-15(19)11-20-13-19;/h6,10,12,15-16,20H,1-5,7-9,11,13H2,(H,21,23);1H/t15-,19+;/m0./s1. The highest BCUT2D eigenvalue weighted by Crippen LogP contribution is 2.45. The largest absolute Gasteiger partial charge is 0.349 e. The van der Waals surface area contributed by atoms with Crippen LogP contribution in [0.5, 0.6) is 0 Å². The Morgan fingerprint density at radius 3 is 2.77 bits per heavy atom. The molecule has 0 spiro atoms. The van der Waals surface area contributed by atoms with Gasteiger partial charge in [0.05, 0.1) is 5.41 Å². The molecule has 2 atom stereocenters. The van der Waals surface area contributed by atoms with Gasteiger partial charge in [0.25, 0.3) is 5.91 Å². The van der Waals surface area contributed by atoms with Crippen molar-refractivity contribution < 1.29 is 9.59 Å². The highest BCUT2D eigenvalue weighted by Gasteiger charge is 2.51. The Hall–Kier alpha value is -1.11. The first kappa shape index (κ1) is 19.6. The number of halogens is 1. The second-order valence-electron chi connectivity index (χ2n) is 7.78. The number of thiophene rings is 1. The molecule has 2 N–H and O–H groups in total. The van der Waals surface area contributed by atoms with E-state index in [9.17, 15) is 9.59 Å². The minimum Gasteiger partial charge on any atom is -0.349 e. The molecule has 3 heterocycles. The second-order valence-corrected chi connectivity index (χ2v) is 8.56. The van der Waals surface area contributed by atoms with Crippen LogP contribution in [-0.2, 0) is 4.79 Å². The van der Waals surface area contributed by atoms with Crippen molar-refractivity contribution in [3.63, 3.8) is 0 Å². The van der Waals surface area contributed by atoms with Crippen molar-refractivity contribution in [2.24, 2.45) is 11.3 Å². The molecular formula is C19H28ClN3O2S. The summed E-state index contributed by atoms with van der Waals surface area (Å²) in [4.78, 5) is 27.5. The lowest BCUT2D eigenvalue weighted by Gasteiger charge is -2.43. The van der Waals surface area contributed by atoms with Gasteiger partial charge in [-0.25, -0.2) is 0 Å². The number of hydrogen-bond donors (Lipinski definition) is 2. The van der Waals surface area contributed by atoms with E-state index < -0.39 is 0 Å². The zero-order chi connectivity index (χ0) is 17.3. The van der Waals surface area contributed by atoms with Gasteiger partial charge in [-0.15, -0.1) is 12.4 Å². The van der Waals surface area contributed by atoms with E-state index in [1.165, 1.54) is 30.6 Å². The van der Waals surface area contributed by atoms with Crippen LogP contribution >= 0.6 is 23.7 Å². The minimum absolute atomic E-state index is 0. The molecule has 3 fully saturated rings. The smallest absolute Gasteiger partial charge is 0.252 e. The van der Waals surface area contributed by atoms with Gasteiger partial charge in [0, 0.05) is 36.6 Å². The van der Waals surface area contributed by atoms with Crippen molar-refractivity contribution in [2.45, 2.75) is 44.6 Å². The average Bonchev–Trinajstić information content (AvgIpc) is 3.32. The number of amides is 2. The third-order valence-corrected chi connectivity index (χ3v) is 7.05. The fourth-order valence-electron chi connectivity index (χ4n) is 4.87. The first-order valence-corrected chi connectivity index (χ1v) is 10.5. The number of piperidine rings is 1. The molecule has 0 unspecified atom stereocenters. The van der Waals surface area contributed by atoms with Gasteiger partial charge in [-0.05, 0) is 49.6 Å². The van der Waals surface area contributed by atoms with E-state index in [0.717, 1.165) is 51.0 Å². The van der Waals surface area contributed by atoms with E-state index in [2.05, 4.69) is 15.5 Å². The van der Waals surface area contributed by atoms with Crippen molar-refractivity contribution in [2.75, 3.05) is 26.2 Å².